The summed E-state index contributed by atoms with van der Waals surface area (Å²) in [5, 5.41) is 3.01. The number of hydrogen-bond donors (Lipinski definition) is 1. The molecule has 2 fully saturated rings. The van der Waals surface area contributed by atoms with Gasteiger partial charge in [-0.15, -0.1) is 0 Å². The zero-order chi connectivity index (χ0) is 20.5. The molecule has 1 aliphatic heterocycles. The minimum absolute atomic E-state index is 0.138. The van der Waals surface area contributed by atoms with Gasteiger partial charge in [0.2, 0.25) is 0 Å². The minimum Gasteiger partial charge on any atom is -0.454 e. The van der Waals surface area contributed by atoms with Crippen molar-refractivity contribution in [2.45, 2.75) is 46.1 Å². The van der Waals surface area contributed by atoms with E-state index in [1.54, 1.807) is 24.3 Å². The summed E-state index contributed by atoms with van der Waals surface area (Å²) >= 11 is 5.78. The lowest BCUT2D eigenvalue weighted by Crippen LogP contribution is -2.40. The lowest BCUT2D eigenvalue weighted by Gasteiger charge is -2.39. The number of nitrogens with zero attached hydrogens (tertiary/aromatic N) is 1. The smallest absolute Gasteiger partial charge is 0.325 e. The van der Waals surface area contributed by atoms with Crippen molar-refractivity contribution in [3.05, 3.63) is 34.9 Å². The average Bonchev–Trinajstić information content (AvgIpc) is 2.87. The number of rotatable bonds is 5. The molecule has 0 unspecified atom stereocenters. The van der Waals surface area contributed by atoms with Crippen molar-refractivity contribution in [2.24, 2.45) is 10.8 Å². The molecule has 6 nitrogen and oxygen atoms in total. The van der Waals surface area contributed by atoms with Gasteiger partial charge in [0, 0.05) is 23.2 Å². The summed E-state index contributed by atoms with van der Waals surface area (Å²) in [5.41, 5.74) is 0.752. The Morgan fingerprint density at radius 1 is 1.18 bits per heavy atom. The maximum absolute atomic E-state index is 12.6. The van der Waals surface area contributed by atoms with E-state index in [2.05, 4.69) is 26.1 Å². The van der Waals surface area contributed by atoms with E-state index in [0.29, 0.717) is 17.1 Å². The van der Waals surface area contributed by atoms with Crippen LogP contribution in [0.2, 0.25) is 5.02 Å². The number of carbonyl (C=O) groups excluding carboxylic acids is 3. The molecule has 1 aromatic carbocycles. The van der Waals surface area contributed by atoms with Crippen molar-refractivity contribution in [2.75, 3.05) is 19.7 Å². The summed E-state index contributed by atoms with van der Waals surface area (Å²) in [6.45, 7) is 6.85. The molecule has 2 bridgehead atoms. The van der Waals surface area contributed by atoms with E-state index in [0.717, 1.165) is 19.3 Å². The van der Waals surface area contributed by atoms with Crippen molar-refractivity contribution in [3.8, 4) is 0 Å². The molecule has 1 N–H and O–H groups in total. The van der Waals surface area contributed by atoms with Crippen molar-refractivity contribution in [3.63, 3.8) is 0 Å². The molecule has 1 saturated heterocycles. The normalized spacial score (nSPS) is 25.3. The van der Waals surface area contributed by atoms with Gasteiger partial charge in [0.15, 0.2) is 6.61 Å². The Kier molecular flexibility index (Phi) is 5.71. The highest BCUT2D eigenvalue weighted by molar-refractivity contribution is 6.30. The van der Waals surface area contributed by atoms with Gasteiger partial charge in [-0.1, -0.05) is 32.4 Å². The molecule has 1 aliphatic carbocycles. The molecular weight excluding hydrogens is 380 g/mol. The van der Waals surface area contributed by atoms with Gasteiger partial charge < -0.3 is 15.0 Å². The summed E-state index contributed by atoms with van der Waals surface area (Å²) < 4.78 is 5.09. The second-order valence-corrected chi connectivity index (χ2v) is 9.52. The fourth-order valence-electron chi connectivity index (χ4n) is 4.88. The Balaban J connectivity index is 1.45. The Morgan fingerprint density at radius 3 is 2.54 bits per heavy atom. The van der Waals surface area contributed by atoms with Crippen molar-refractivity contribution < 1.29 is 19.1 Å². The third-order valence-corrected chi connectivity index (χ3v) is 5.84. The van der Waals surface area contributed by atoms with Gasteiger partial charge in [0.25, 0.3) is 11.8 Å². The molecule has 1 saturated carbocycles. The number of likely N-dealkylation sites (tertiary alicyclic amines) is 1. The predicted octanol–water partition coefficient (Wildman–Crippen LogP) is 3.04. The molecule has 1 aromatic rings. The molecule has 3 rings (SSSR count). The van der Waals surface area contributed by atoms with Crippen LogP contribution in [0.1, 0.15) is 50.4 Å². The fraction of sp³-hybridized carbons (Fsp3) is 0.571. The number of amides is 2. The van der Waals surface area contributed by atoms with Gasteiger partial charge in [-0.2, -0.15) is 0 Å². The van der Waals surface area contributed by atoms with Crippen LogP contribution in [0.4, 0.5) is 0 Å². The standard InChI is InChI=1S/C21H27ClN2O4/c1-20(2)8-16-9-21(3,12-20)13-24(16)17(25)11-28-18(26)10-23-19(27)14-4-6-15(22)7-5-14/h4-7,16H,8-13H2,1-3H3,(H,23,27)/t16-,21-/m1/s1. The zero-order valence-corrected chi connectivity index (χ0v) is 17.3. The molecule has 0 aromatic heterocycles. The van der Waals surface area contributed by atoms with Gasteiger partial charge in [0.05, 0.1) is 0 Å². The summed E-state index contributed by atoms with van der Waals surface area (Å²) in [6, 6.07) is 6.55. The summed E-state index contributed by atoms with van der Waals surface area (Å²) in [7, 11) is 0. The third kappa shape index (κ3) is 4.85. The molecule has 2 amide bonds. The number of fused-ring (bicyclic) bond motifs is 2. The molecule has 0 radical (unpaired) electrons. The maximum Gasteiger partial charge on any atom is 0.325 e. The number of carbonyl (C=O) groups is 3. The maximum atomic E-state index is 12.6. The topological polar surface area (TPSA) is 75.7 Å². The van der Waals surface area contributed by atoms with E-state index in [9.17, 15) is 14.4 Å². The first-order chi connectivity index (χ1) is 13.1. The third-order valence-electron chi connectivity index (χ3n) is 5.59. The van der Waals surface area contributed by atoms with E-state index in [4.69, 9.17) is 16.3 Å². The number of ether oxygens (including phenoxy) is 1. The number of halogens is 1. The Labute approximate surface area is 170 Å². The summed E-state index contributed by atoms with van der Waals surface area (Å²) in [6.07, 6.45) is 3.07. The van der Waals surface area contributed by atoms with Crippen LogP contribution in [0.3, 0.4) is 0 Å². The SMILES string of the molecule is CC1(C)C[C@@H]2C[C@@](C)(CN2C(=O)COC(=O)CNC(=O)c2ccc(Cl)cc2)C1. The predicted molar refractivity (Wildman–Crippen MR) is 106 cm³/mol. The second-order valence-electron chi connectivity index (χ2n) is 9.09. The first-order valence-electron chi connectivity index (χ1n) is 9.56. The monoisotopic (exact) mass is 406 g/mol. The summed E-state index contributed by atoms with van der Waals surface area (Å²) in [5.74, 6) is -1.20. The van der Waals surface area contributed by atoms with Crippen LogP contribution in [-0.2, 0) is 14.3 Å². The molecule has 7 heteroatoms. The van der Waals surface area contributed by atoms with E-state index in [-0.39, 0.29) is 35.9 Å². The van der Waals surface area contributed by atoms with Crippen molar-refractivity contribution >= 4 is 29.4 Å². The minimum atomic E-state index is -0.635. The van der Waals surface area contributed by atoms with Crippen LogP contribution in [0.25, 0.3) is 0 Å². The van der Waals surface area contributed by atoms with Gasteiger partial charge in [0.1, 0.15) is 6.54 Å². The van der Waals surface area contributed by atoms with Crippen molar-refractivity contribution in [1.82, 2.24) is 10.2 Å². The highest BCUT2D eigenvalue weighted by Crippen LogP contribution is 2.52. The number of benzene rings is 1. The Hall–Kier alpha value is -2.08. The first-order valence-corrected chi connectivity index (χ1v) is 9.94. The van der Waals surface area contributed by atoms with Crippen molar-refractivity contribution in [1.29, 1.82) is 0 Å². The lowest BCUT2D eigenvalue weighted by atomic mass is 9.65. The number of nitrogens with one attached hydrogen (secondary N) is 1. The molecule has 152 valence electrons. The van der Waals surface area contributed by atoms with Gasteiger partial charge >= 0.3 is 5.97 Å². The average molecular weight is 407 g/mol. The highest BCUT2D eigenvalue weighted by atomic mass is 35.5. The van der Waals surface area contributed by atoms with E-state index in [1.165, 1.54) is 0 Å². The first kappa shape index (κ1) is 20.6. The van der Waals surface area contributed by atoms with E-state index < -0.39 is 11.9 Å². The van der Waals surface area contributed by atoms with Crippen LogP contribution in [0, 0.1) is 10.8 Å². The Bertz CT molecular complexity index is 777. The molecule has 2 aliphatic rings. The van der Waals surface area contributed by atoms with Gasteiger partial charge in [-0.3, -0.25) is 14.4 Å². The van der Waals surface area contributed by atoms with Crippen LogP contribution < -0.4 is 5.32 Å². The molecule has 0 spiro atoms. The largest absolute Gasteiger partial charge is 0.454 e. The van der Waals surface area contributed by atoms with Crippen LogP contribution in [0.15, 0.2) is 24.3 Å². The van der Waals surface area contributed by atoms with Crippen LogP contribution in [0.5, 0.6) is 0 Å². The van der Waals surface area contributed by atoms with E-state index >= 15 is 0 Å². The van der Waals surface area contributed by atoms with Gasteiger partial charge in [-0.05, 0) is 54.4 Å². The molecule has 28 heavy (non-hydrogen) atoms. The molecule has 1 heterocycles. The molecular formula is C21H27ClN2O4. The number of hydrogen-bond acceptors (Lipinski definition) is 4. The fourth-order valence-corrected chi connectivity index (χ4v) is 5.01. The van der Waals surface area contributed by atoms with Crippen LogP contribution in [-0.4, -0.2) is 48.4 Å². The Morgan fingerprint density at radius 2 is 1.86 bits per heavy atom. The number of esters is 1. The van der Waals surface area contributed by atoms with E-state index in [1.807, 2.05) is 4.90 Å². The quantitative estimate of drug-likeness (QED) is 0.762. The summed E-state index contributed by atoms with van der Waals surface area (Å²) in [4.78, 5) is 38.4. The van der Waals surface area contributed by atoms with Gasteiger partial charge in [-0.25, -0.2) is 0 Å². The second kappa shape index (κ2) is 7.74. The molecule has 2 atom stereocenters. The zero-order valence-electron chi connectivity index (χ0n) is 16.6. The van der Waals surface area contributed by atoms with Crippen LogP contribution >= 0.6 is 11.6 Å². The highest BCUT2D eigenvalue weighted by Gasteiger charge is 2.50. The lowest BCUT2D eigenvalue weighted by molar-refractivity contribution is -0.151.